The Kier molecular flexibility index (Phi) is 6.19. The second-order valence-corrected chi connectivity index (χ2v) is 3.91. The SMILES string of the molecule is COc1ccccc1.CSc1ccccc1. The molecule has 0 N–H and O–H groups in total. The van der Waals surface area contributed by atoms with Crippen LogP contribution in [0.1, 0.15) is 0 Å². The fourth-order valence-electron chi connectivity index (χ4n) is 1.11. The Morgan fingerprint density at radius 1 is 0.812 bits per heavy atom. The quantitative estimate of drug-likeness (QED) is 0.721. The molecule has 84 valence electrons. The van der Waals surface area contributed by atoms with Crippen LogP contribution in [0.2, 0.25) is 0 Å². The number of benzene rings is 2. The zero-order valence-electron chi connectivity index (χ0n) is 9.59. The first kappa shape index (κ1) is 12.7. The van der Waals surface area contributed by atoms with E-state index in [2.05, 4.69) is 18.4 Å². The number of ether oxygens (including phenoxy) is 1. The molecule has 0 unspecified atom stereocenters. The fourth-order valence-corrected chi connectivity index (χ4v) is 1.54. The topological polar surface area (TPSA) is 9.23 Å². The van der Waals surface area contributed by atoms with Crippen LogP contribution >= 0.6 is 11.8 Å². The van der Waals surface area contributed by atoms with Crippen LogP contribution in [0.4, 0.5) is 0 Å². The highest BCUT2D eigenvalue weighted by Crippen LogP contribution is 2.11. The molecular formula is C14H16OS. The van der Waals surface area contributed by atoms with Crippen LogP contribution in [0.3, 0.4) is 0 Å². The normalized spacial score (nSPS) is 8.88. The number of rotatable bonds is 2. The van der Waals surface area contributed by atoms with E-state index in [9.17, 15) is 0 Å². The van der Waals surface area contributed by atoms with Gasteiger partial charge in [-0.25, -0.2) is 0 Å². The lowest BCUT2D eigenvalue weighted by atomic mass is 10.3. The highest BCUT2D eigenvalue weighted by Gasteiger charge is 1.81. The third-order valence-corrected chi connectivity index (χ3v) is 2.70. The molecule has 2 aromatic carbocycles. The molecule has 0 spiro atoms. The third kappa shape index (κ3) is 4.89. The van der Waals surface area contributed by atoms with Gasteiger partial charge in [-0.05, 0) is 30.5 Å². The molecule has 0 aliphatic carbocycles. The summed E-state index contributed by atoms with van der Waals surface area (Å²) in [7, 11) is 1.66. The maximum atomic E-state index is 4.91. The molecule has 0 heterocycles. The molecule has 0 aliphatic heterocycles. The summed E-state index contributed by atoms with van der Waals surface area (Å²) in [6.45, 7) is 0. The van der Waals surface area contributed by atoms with Crippen molar-refractivity contribution in [1.29, 1.82) is 0 Å². The van der Waals surface area contributed by atoms with E-state index in [1.807, 2.05) is 48.5 Å². The van der Waals surface area contributed by atoms with E-state index < -0.39 is 0 Å². The molecule has 2 aromatic rings. The van der Waals surface area contributed by atoms with Gasteiger partial charge in [-0.2, -0.15) is 0 Å². The predicted octanol–water partition coefficient (Wildman–Crippen LogP) is 4.10. The van der Waals surface area contributed by atoms with Gasteiger partial charge in [0.2, 0.25) is 0 Å². The molecular weight excluding hydrogens is 216 g/mol. The average Bonchev–Trinajstić information content (AvgIpc) is 2.41. The van der Waals surface area contributed by atoms with Crippen molar-refractivity contribution in [3.05, 3.63) is 60.7 Å². The zero-order chi connectivity index (χ0) is 11.6. The Hall–Kier alpha value is -1.41. The van der Waals surface area contributed by atoms with E-state index in [-0.39, 0.29) is 0 Å². The van der Waals surface area contributed by atoms with Gasteiger partial charge in [0.15, 0.2) is 0 Å². The van der Waals surface area contributed by atoms with Gasteiger partial charge in [-0.15, -0.1) is 11.8 Å². The van der Waals surface area contributed by atoms with Crippen molar-refractivity contribution in [3.8, 4) is 5.75 Å². The van der Waals surface area contributed by atoms with E-state index in [0.29, 0.717) is 0 Å². The van der Waals surface area contributed by atoms with Crippen molar-refractivity contribution < 1.29 is 4.74 Å². The van der Waals surface area contributed by atoms with E-state index in [1.54, 1.807) is 18.9 Å². The first-order valence-electron chi connectivity index (χ1n) is 5.05. The molecule has 0 saturated carbocycles. The monoisotopic (exact) mass is 232 g/mol. The predicted molar refractivity (Wildman–Crippen MR) is 71.2 cm³/mol. The lowest BCUT2D eigenvalue weighted by Crippen LogP contribution is -1.78. The minimum atomic E-state index is 0.910. The maximum absolute atomic E-state index is 4.91. The van der Waals surface area contributed by atoms with Gasteiger partial charge >= 0.3 is 0 Å². The van der Waals surface area contributed by atoms with Crippen LogP contribution in [0, 0.1) is 0 Å². The van der Waals surface area contributed by atoms with Gasteiger partial charge in [0.25, 0.3) is 0 Å². The van der Waals surface area contributed by atoms with E-state index in [4.69, 9.17) is 4.74 Å². The Balaban J connectivity index is 0.000000160. The largest absolute Gasteiger partial charge is 0.497 e. The summed E-state index contributed by atoms with van der Waals surface area (Å²) in [5, 5.41) is 0. The summed E-state index contributed by atoms with van der Waals surface area (Å²) >= 11 is 1.77. The van der Waals surface area contributed by atoms with Crippen molar-refractivity contribution in [3.63, 3.8) is 0 Å². The summed E-state index contributed by atoms with van der Waals surface area (Å²) in [5.74, 6) is 0.910. The molecule has 0 amide bonds. The highest BCUT2D eigenvalue weighted by atomic mass is 32.2. The van der Waals surface area contributed by atoms with E-state index in [0.717, 1.165) is 5.75 Å². The molecule has 0 fully saturated rings. The first-order valence-corrected chi connectivity index (χ1v) is 6.27. The number of methoxy groups -OCH3 is 1. The number of hydrogen-bond donors (Lipinski definition) is 0. The van der Waals surface area contributed by atoms with Gasteiger partial charge < -0.3 is 4.74 Å². The standard InChI is InChI=1S/C7H8O.C7H8S/c2*1-8-7-5-3-2-4-6-7/h2*2-6H,1H3. The minimum absolute atomic E-state index is 0.910. The van der Waals surface area contributed by atoms with Crippen molar-refractivity contribution >= 4 is 11.8 Å². The van der Waals surface area contributed by atoms with Gasteiger partial charge in [-0.1, -0.05) is 36.4 Å². The molecule has 1 nitrogen and oxygen atoms in total. The smallest absolute Gasteiger partial charge is 0.118 e. The molecule has 0 bridgehead atoms. The van der Waals surface area contributed by atoms with Crippen LogP contribution < -0.4 is 4.74 Å². The third-order valence-electron chi connectivity index (χ3n) is 1.96. The van der Waals surface area contributed by atoms with Gasteiger partial charge in [-0.3, -0.25) is 0 Å². The Bertz CT molecular complexity index is 333. The second-order valence-electron chi connectivity index (χ2n) is 3.03. The molecule has 0 aromatic heterocycles. The zero-order valence-corrected chi connectivity index (χ0v) is 10.4. The Morgan fingerprint density at radius 3 is 1.62 bits per heavy atom. The van der Waals surface area contributed by atoms with Crippen molar-refractivity contribution in [2.24, 2.45) is 0 Å². The molecule has 2 heteroatoms. The van der Waals surface area contributed by atoms with Crippen molar-refractivity contribution in [2.75, 3.05) is 13.4 Å². The first-order chi connectivity index (χ1) is 7.86. The van der Waals surface area contributed by atoms with E-state index >= 15 is 0 Å². The lowest BCUT2D eigenvalue weighted by molar-refractivity contribution is 0.415. The summed E-state index contributed by atoms with van der Waals surface area (Å²) in [6, 6.07) is 20.0. The fraction of sp³-hybridized carbons (Fsp3) is 0.143. The van der Waals surface area contributed by atoms with Crippen molar-refractivity contribution in [2.45, 2.75) is 4.90 Å². The van der Waals surface area contributed by atoms with Gasteiger partial charge in [0.1, 0.15) is 5.75 Å². The van der Waals surface area contributed by atoms with Gasteiger partial charge in [0.05, 0.1) is 7.11 Å². The molecule has 16 heavy (non-hydrogen) atoms. The molecule has 2 rings (SSSR count). The summed E-state index contributed by atoms with van der Waals surface area (Å²) in [6.07, 6.45) is 2.08. The van der Waals surface area contributed by atoms with Gasteiger partial charge in [0, 0.05) is 4.90 Å². The van der Waals surface area contributed by atoms with Crippen LogP contribution in [0.5, 0.6) is 5.75 Å². The average molecular weight is 232 g/mol. The Labute approximate surface area is 101 Å². The van der Waals surface area contributed by atoms with Crippen LogP contribution in [0.25, 0.3) is 0 Å². The molecule has 0 aliphatic rings. The maximum Gasteiger partial charge on any atom is 0.118 e. The van der Waals surface area contributed by atoms with Crippen LogP contribution in [-0.2, 0) is 0 Å². The van der Waals surface area contributed by atoms with Crippen molar-refractivity contribution in [1.82, 2.24) is 0 Å². The number of thioether (sulfide) groups is 1. The number of para-hydroxylation sites is 1. The Morgan fingerprint density at radius 2 is 1.31 bits per heavy atom. The minimum Gasteiger partial charge on any atom is -0.497 e. The summed E-state index contributed by atoms with van der Waals surface area (Å²) < 4.78 is 4.91. The molecule has 0 radical (unpaired) electrons. The van der Waals surface area contributed by atoms with Crippen LogP contribution in [0.15, 0.2) is 65.6 Å². The van der Waals surface area contributed by atoms with E-state index in [1.165, 1.54) is 4.90 Å². The summed E-state index contributed by atoms with van der Waals surface area (Å²) in [4.78, 5) is 1.33. The second kappa shape index (κ2) is 7.83. The van der Waals surface area contributed by atoms with Crippen LogP contribution in [-0.4, -0.2) is 13.4 Å². The summed E-state index contributed by atoms with van der Waals surface area (Å²) in [5.41, 5.74) is 0. The lowest BCUT2D eigenvalue weighted by Gasteiger charge is -1.93. The molecule has 0 atom stereocenters. The number of hydrogen-bond acceptors (Lipinski definition) is 2. The highest BCUT2D eigenvalue weighted by molar-refractivity contribution is 7.98. The molecule has 0 saturated heterocycles.